The third-order valence-electron chi connectivity index (χ3n) is 6.70. The molecule has 0 heterocycles. The molecule has 0 aliphatic heterocycles. The normalized spacial score (nSPS) is 10.7. The van der Waals surface area contributed by atoms with Crippen LogP contribution < -0.4 is 10.6 Å². The average molecular weight is 607 g/mol. The zero-order chi connectivity index (χ0) is 30.3. The highest BCUT2D eigenvalue weighted by atomic mass is 35.5. The first-order chi connectivity index (χ1) is 20.8. The van der Waals surface area contributed by atoms with E-state index < -0.39 is 17.7 Å². The summed E-state index contributed by atoms with van der Waals surface area (Å²) in [6, 6.07) is 34.7. The van der Waals surface area contributed by atoms with Gasteiger partial charge in [-0.1, -0.05) is 114 Å². The predicted octanol–water partition coefficient (Wildman–Crippen LogP) is 7.82. The van der Waals surface area contributed by atoms with Crippen LogP contribution in [0, 0.1) is 0 Å². The minimum Gasteiger partial charge on any atom is -0.324 e. The van der Waals surface area contributed by atoms with E-state index in [1.54, 1.807) is 103 Å². The fourth-order valence-electron chi connectivity index (χ4n) is 4.59. The van der Waals surface area contributed by atoms with Gasteiger partial charge in [0, 0.05) is 32.3 Å². The van der Waals surface area contributed by atoms with Crippen LogP contribution in [-0.2, 0) is 9.59 Å². The van der Waals surface area contributed by atoms with Crippen molar-refractivity contribution < 1.29 is 19.2 Å². The molecule has 0 unspecified atom stereocenters. The van der Waals surface area contributed by atoms with Crippen molar-refractivity contribution in [3.05, 3.63) is 165 Å². The largest absolute Gasteiger partial charge is 0.324 e. The summed E-state index contributed by atoms with van der Waals surface area (Å²) in [6.45, 7) is 0. The van der Waals surface area contributed by atoms with E-state index in [4.69, 9.17) is 23.2 Å². The van der Waals surface area contributed by atoms with Crippen molar-refractivity contribution in [3.8, 4) is 0 Å². The van der Waals surface area contributed by atoms with E-state index in [0.717, 1.165) is 0 Å². The van der Waals surface area contributed by atoms with Crippen molar-refractivity contribution in [1.29, 1.82) is 0 Å². The van der Waals surface area contributed by atoms with E-state index in [2.05, 4.69) is 10.6 Å². The van der Waals surface area contributed by atoms with Crippen LogP contribution in [0.2, 0.25) is 10.0 Å². The van der Waals surface area contributed by atoms with E-state index in [0.29, 0.717) is 26.7 Å². The minimum absolute atomic E-state index is 0.174. The van der Waals surface area contributed by atoms with Gasteiger partial charge in [-0.05, 0) is 42.0 Å². The number of halogens is 2. The molecule has 0 spiro atoms. The number of ketones is 2. The van der Waals surface area contributed by atoms with Gasteiger partial charge in [0.15, 0.2) is 11.6 Å². The highest BCUT2D eigenvalue weighted by molar-refractivity contribution is 6.32. The molecule has 2 amide bonds. The second-order valence-corrected chi connectivity index (χ2v) is 10.5. The molecule has 5 rings (SSSR count). The Morgan fingerprint density at radius 1 is 0.488 bits per heavy atom. The van der Waals surface area contributed by atoms with Crippen LogP contribution in [0.5, 0.6) is 0 Å². The van der Waals surface area contributed by atoms with Gasteiger partial charge in [-0.2, -0.15) is 0 Å². The first kappa shape index (κ1) is 29.5. The van der Waals surface area contributed by atoms with Crippen LogP contribution in [0.15, 0.2) is 127 Å². The zero-order valence-corrected chi connectivity index (χ0v) is 24.1. The van der Waals surface area contributed by atoms with Gasteiger partial charge in [-0.25, -0.2) is 0 Å². The molecular weight excluding hydrogens is 583 g/mol. The highest BCUT2D eigenvalue weighted by Crippen LogP contribution is 2.29. The third-order valence-corrected chi connectivity index (χ3v) is 7.17. The number of benzene rings is 5. The van der Waals surface area contributed by atoms with Crippen LogP contribution >= 0.6 is 23.2 Å². The summed E-state index contributed by atoms with van der Waals surface area (Å²) in [5.41, 5.74) is 1.98. The molecule has 43 heavy (non-hydrogen) atoms. The molecule has 2 N–H and O–H groups in total. The molecular formula is C35H24Cl2N2O4. The zero-order valence-electron chi connectivity index (χ0n) is 22.6. The Morgan fingerprint density at radius 2 is 0.860 bits per heavy atom. The molecule has 5 aromatic carbocycles. The van der Waals surface area contributed by atoms with E-state index in [1.807, 2.05) is 0 Å². The second kappa shape index (κ2) is 13.3. The summed E-state index contributed by atoms with van der Waals surface area (Å²) in [6.07, 6.45) is 0. The van der Waals surface area contributed by atoms with Crippen molar-refractivity contribution in [2.24, 2.45) is 0 Å². The molecule has 8 heteroatoms. The smallest absolute Gasteiger partial charge is 0.241 e. The number of rotatable bonds is 9. The summed E-state index contributed by atoms with van der Waals surface area (Å²) in [5, 5.41) is 6.14. The first-order valence-corrected chi connectivity index (χ1v) is 14.0. The lowest BCUT2D eigenvalue weighted by molar-refractivity contribution is -0.126. The fourth-order valence-corrected chi connectivity index (χ4v) is 4.94. The van der Waals surface area contributed by atoms with Gasteiger partial charge in [0.2, 0.25) is 11.8 Å². The molecule has 0 radical (unpaired) electrons. The minimum atomic E-state index is -1.34. The van der Waals surface area contributed by atoms with Crippen LogP contribution in [0.1, 0.15) is 43.3 Å². The van der Waals surface area contributed by atoms with Gasteiger partial charge in [0.1, 0.15) is 5.92 Å². The number of anilines is 2. The molecule has 6 nitrogen and oxygen atoms in total. The Kier molecular flexibility index (Phi) is 9.11. The van der Waals surface area contributed by atoms with Crippen LogP contribution in [-0.4, -0.2) is 23.4 Å². The lowest BCUT2D eigenvalue weighted by Crippen LogP contribution is -2.33. The number of carbonyl (C=O) groups excluding carboxylic acids is 4. The maximum absolute atomic E-state index is 13.8. The SMILES string of the molecule is O=C(c1ccccc1)c1cc(Cl)ccc1NC(=O)C(C(=O)Nc1ccc(Cl)cc1C(=O)c1ccccc1)c1ccccc1. The number of carbonyl (C=O) groups is 4. The molecule has 0 aromatic heterocycles. The monoisotopic (exact) mass is 606 g/mol. The Bertz CT molecular complexity index is 1700. The van der Waals surface area contributed by atoms with Crippen LogP contribution in [0.4, 0.5) is 11.4 Å². The topological polar surface area (TPSA) is 92.3 Å². The molecule has 0 saturated heterocycles. The first-order valence-electron chi connectivity index (χ1n) is 13.3. The summed E-state index contributed by atoms with van der Waals surface area (Å²) in [5.74, 6) is -3.39. The number of hydrogen-bond donors (Lipinski definition) is 2. The van der Waals surface area contributed by atoms with Crippen LogP contribution in [0.3, 0.4) is 0 Å². The van der Waals surface area contributed by atoms with E-state index >= 15 is 0 Å². The molecule has 0 atom stereocenters. The predicted molar refractivity (Wildman–Crippen MR) is 169 cm³/mol. The number of amides is 2. The van der Waals surface area contributed by atoms with Crippen molar-refractivity contribution in [3.63, 3.8) is 0 Å². The molecule has 0 aliphatic carbocycles. The van der Waals surface area contributed by atoms with Crippen molar-refractivity contribution in [2.75, 3.05) is 10.6 Å². The summed E-state index contributed by atoms with van der Waals surface area (Å²) in [7, 11) is 0. The Balaban J connectivity index is 1.48. The van der Waals surface area contributed by atoms with E-state index in [-0.39, 0.29) is 34.1 Å². The average Bonchev–Trinajstić information content (AvgIpc) is 3.03. The lowest BCUT2D eigenvalue weighted by atomic mass is 9.95. The number of hydrogen-bond acceptors (Lipinski definition) is 4. The quantitative estimate of drug-likeness (QED) is 0.132. The summed E-state index contributed by atoms with van der Waals surface area (Å²) >= 11 is 12.4. The van der Waals surface area contributed by atoms with E-state index in [1.165, 1.54) is 24.3 Å². The summed E-state index contributed by atoms with van der Waals surface area (Å²) < 4.78 is 0. The Morgan fingerprint density at radius 3 is 1.26 bits per heavy atom. The molecule has 0 bridgehead atoms. The van der Waals surface area contributed by atoms with Gasteiger partial charge < -0.3 is 10.6 Å². The van der Waals surface area contributed by atoms with Gasteiger partial charge in [-0.3, -0.25) is 19.2 Å². The second-order valence-electron chi connectivity index (χ2n) is 9.59. The lowest BCUT2D eigenvalue weighted by Gasteiger charge is -2.20. The molecule has 5 aromatic rings. The van der Waals surface area contributed by atoms with Gasteiger partial charge in [0.25, 0.3) is 0 Å². The van der Waals surface area contributed by atoms with Gasteiger partial charge in [-0.15, -0.1) is 0 Å². The molecule has 212 valence electrons. The maximum Gasteiger partial charge on any atom is 0.241 e. The van der Waals surface area contributed by atoms with Crippen LogP contribution in [0.25, 0.3) is 0 Å². The standard InChI is InChI=1S/C35H24Cl2N2O4/c36-25-16-18-29(27(20-25)32(40)23-12-6-2-7-13-23)38-34(42)31(22-10-4-1-5-11-22)35(43)39-30-19-17-26(37)21-28(30)33(41)24-14-8-3-9-15-24/h1-21,31H,(H,38,42)(H,39,43). The molecule has 0 aliphatic rings. The Hall–Kier alpha value is -5.04. The van der Waals surface area contributed by atoms with Crippen molar-refractivity contribution >= 4 is 58.0 Å². The van der Waals surface area contributed by atoms with Gasteiger partial charge in [0.05, 0.1) is 11.4 Å². The summed E-state index contributed by atoms with van der Waals surface area (Å²) in [4.78, 5) is 54.3. The third kappa shape index (κ3) is 6.89. The fraction of sp³-hybridized carbons (Fsp3) is 0.0286. The maximum atomic E-state index is 13.8. The Labute approximate surface area is 258 Å². The molecule has 0 saturated carbocycles. The number of nitrogens with one attached hydrogen (secondary N) is 2. The van der Waals surface area contributed by atoms with E-state index in [9.17, 15) is 19.2 Å². The highest BCUT2D eigenvalue weighted by Gasteiger charge is 2.31. The van der Waals surface area contributed by atoms with Gasteiger partial charge >= 0.3 is 0 Å². The van der Waals surface area contributed by atoms with Crippen molar-refractivity contribution in [2.45, 2.75) is 5.92 Å². The molecule has 0 fully saturated rings. The van der Waals surface area contributed by atoms with Crippen molar-refractivity contribution in [1.82, 2.24) is 0 Å².